The zero-order valence-electron chi connectivity index (χ0n) is 19.7. The average Bonchev–Trinajstić information content (AvgIpc) is 3.40. The molecule has 8 nitrogen and oxygen atoms in total. The SMILES string of the molecule is N#CC1=CNC(n2cc(C(=O)NCc3ccc(-c4ccc(C5CC6CCC65)cc4)nc3)cn2)CC1=O. The van der Waals surface area contributed by atoms with Crippen LogP contribution < -0.4 is 10.6 Å². The average molecular weight is 479 g/mol. The highest BCUT2D eigenvalue weighted by molar-refractivity contribution is 5.99. The maximum atomic E-state index is 12.6. The maximum absolute atomic E-state index is 12.6. The van der Waals surface area contributed by atoms with Crippen molar-refractivity contribution in [1.82, 2.24) is 25.4 Å². The van der Waals surface area contributed by atoms with Gasteiger partial charge in [0.15, 0.2) is 5.78 Å². The van der Waals surface area contributed by atoms with Gasteiger partial charge in [-0.2, -0.15) is 10.4 Å². The van der Waals surface area contributed by atoms with Crippen LogP contribution in [0.5, 0.6) is 0 Å². The van der Waals surface area contributed by atoms with Crippen molar-refractivity contribution in [3.8, 4) is 17.3 Å². The van der Waals surface area contributed by atoms with Gasteiger partial charge in [-0.25, -0.2) is 4.68 Å². The summed E-state index contributed by atoms with van der Waals surface area (Å²) >= 11 is 0. The van der Waals surface area contributed by atoms with Gasteiger partial charge in [-0.15, -0.1) is 0 Å². The fourth-order valence-electron chi connectivity index (χ4n) is 5.49. The van der Waals surface area contributed by atoms with Crippen LogP contribution in [0.1, 0.15) is 59.3 Å². The third-order valence-corrected chi connectivity index (χ3v) is 7.86. The Morgan fingerprint density at radius 2 is 2.03 bits per heavy atom. The molecule has 4 atom stereocenters. The zero-order valence-corrected chi connectivity index (χ0v) is 19.7. The van der Waals surface area contributed by atoms with Crippen LogP contribution in [-0.2, 0) is 11.3 Å². The molecule has 180 valence electrons. The minimum atomic E-state index is -0.425. The molecule has 2 aliphatic carbocycles. The monoisotopic (exact) mass is 478 g/mol. The molecule has 2 fully saturated rings. The van der Waals surface area contributed by atoms with Gasteiger partial charge in [-0.05, 0) is 54.2 Å². The molecule has 6 rings (SSSR count). The molecule has 3 aliphatic rings. The first-order valence-corrected chi connectivity index (χ1v) is 12.4. The number of carbonyl (C=O) groups is 2. The van der Waals surface area contributed by atoms with Gasteiger partial charge >= 0.3 is 0 Å². The summed E-state index contributed by atoms with van der Waals surface area (Å²) in [5.41, 5.74) is 4.85. The number of carbonyl (C=O) groups excluding carboxylic acids is 2. The highest BCUT2D eigenvalue weighted by Crippen LogP contribution is 2.58. The molecule has 8 heteroatoms. The predicted molar refractivity (Wildman–Crippen MR) is 132 cm³/mol. The smallest absolute Gasteiger partial charge is 0.254 e. The number of Topliss-reactive ketones (excluding diaryl/α,β-unsaturated/α-hetero) is 1. The fourth-order valence-corrected chi connectivity index (χ4v) is 5.49. The van der Waals surface area contributed by atoms with E-state index >= 15 is 0 Å². The Kier molecular flexibility index (Phi) is 5.61. The van der Waals surface area contributed by atoms with Gasteiger partial charge in [-0.1, -0.05) is 30.3 Å². The van der Waals surface area contributed by atoms with E-state index in [0.717, 1.165) is 34.6 Å². The van der Waals surface area contributed by atoms with Crippen LogP contribution in [0.2, 0.25) is 0 Å². The fraction of sp³-hybridized carbons (Fsp3) is 0.321. The summed E-state index contributed by atoms with van der Waals surface area (Å²) < 4.78 is 1.52. The molecular formula is C28H26N6O2. The van der Waals surface area contributed by atoms with Crippen molar-refractivity contribution >= 4 is 11.7 Å². The molecule has 0 bridgehead atoms. The van der Waals surface area contributed by atoms with Crippen LogP contribution in [0.4, 0.5) is 0 Å². The Balaban J connectivity index is 1.03. The third kappa shape index (κ3) is 4.07. The van der Waals surface area contributed by atoms with Crippen molar-refractivity contribution in [1.29, 1.82) is 5.26 Å². The Morgan fingerprint density at radius 3 is 2.67 bits per heavy atom. The van der Waals surface area contributed by atoms with Crippen molar-refractivity contribution in [2.45, 2.75) is 44.3 Å². The maximum Gasteiger partial charge on any atom is 0.254 e. The lowest BCUT2D eigenvalue weighted by atomic mass is 9.52. The molecule has 1 aliphatic heterocycles. The molecule has 0 spiro atoms. The molecule has 2 N–H and O–H groups in total. The summed E-state index contributed by atoms with van der Waals surface area (Å²) in [6.07, 6.45) is 10.1. The van der Waals surface area contributed by atoms with E-state index in [4.69, 9.17) is 5.26 Å². The summed E-state index contributed by atoms with van der Waals surface area (Å²) in [6, 6.07) is 14.6. The number of rotatable bonds is 6. The first-order valence-electron chi connectivity index (χ1n) is 12.4. The Hall–Kier alpha value is -4.25. The molecule has 1 amide bonds. The molecule has 2 saturated carbocycles. The summed E-state index contributed by atoms with van der Waals surface area (Å²) in [5.74, 6) is 2.14. The van der Waals surface area contributed by atoms with Gasteiger partial charge in [0.2, 0.25) is 0 Å². The number of allylic oxidation sites excluding steroid dienone is 1. The van der Waals surface area contributed by atoms with E-state index in [2.05, 4.69) is 45.0 Å². The predicted octanol–water partition coefficient (Wildman–Crippen LogP) is 3.86. The van der Waals surface area contributed by atoms with Crippen molar-refractivity contribution in [2.24, 2.45) is 11.8 Å². The number of pyridine rings is 1. The van der Waals surface area contributed by atoms with E-state index in [1.165, 1.54) is 41.9 Å². The second-order valence-electron chi connectivity index (χ2n) is 9.89. The molecule has 3 heterocycles. The minimum absolute atomic E-state index is 0.0910. The summed E-state index contributed by atoms with van der Waals surface area (Å²) in [6.45, 7) is 0.342. The lowest BCUT2D eigenvalue weighted by molar-refractivity contribution is -0.116. The second kappa shape index (κ2) is 9.08. The van der Waals surface area contributed by atoms with Crippen molar-refractivity contribution in [3.63, 3.8) is 0 Å². The number of nitriles is 1. The number of amides is 1. The number of nitrogens with one attached hydrogen (secondary N) is 2. The standard InChI is InChI=1S/C28H26N6O2/c29-11-21-14-31-27(10-26(21)35)34-16-22(15-33-34)28(36)32-13-17-1-8-25(30-12-17)19-4-2-18(3-5-19)24-9-20-6-7-23(20)24/h1-5,8,12,14-16,20,23-24,27,31H,6-7,9-10,13H2,(H,32,36). The van der Waals surface area contributed by atoms with Crippen molar-refractivity contribution < 1.29 is 9.59 Å². The summed E-state index contributed by atoms with van der Waals surface area (Å²) in [5, 5.41) is 19.0. The van der Waals surface area contributed by atoms with Gasteiger partial charge in [0.25, 0.3) is 5.91 Å². The highest BCUT2D eigenvalue weighted by Gasteiger charge is 2.47. The Morgan fingerprint density at radius 1 is 1.17 bits per heavy atom. The zero-order chi connectivity index (χ0) is 24.6. The Labute approximate surface area is 209 Å². The number of benzene rings is 1. The van der Waals surface area contributed by atoms with Gasteiger partial charge in [0.1, 0.15) is 17.8 Å². The molecule has 0 saturated heterocycles. The quantitative estimate of drug-likeness (QED) is 0.556. The van der Waals surface area contributed by atoms with Crippen LogP contribution in [-0.4, -0.2) is 26.5 Å². The van der Waals surface area contributed by atoms with Gasteiger partial charge in [-0.3, -0.25) is 14.6 Å². The van der Waals surface area contributed by atoms with Crippen molar-refractivity contribution in [2.75, 3.05) is 0 Å². The topological polar surface area (TPSA) is 113 Å². The van der Waals surface area contributed by atoms with E-state index in [9.17, 15) is 9.59 Å². The van der Waals surface area contributed by atoms with Crippen LogP contribution in [0.25, 0.3) is 11.3 Å². The summed E-state index contributed by atoms with van der Waals surface area (Å²) in [4.78, 5) is 29.1. The molecule has 3 aromatic rings. The van der Waals surface area contributed by atoms with Crippen LogP contribution in [0.3, 0.4) is 0 Å². The molecule has 0 radical (unpaired) electrons. The van der Waals surface area contributed by atoms with E-state index in [1.807, 2.05) is 18.2 Å². The van der Waals surface area contributed by atoms with Gasteiger partial charge in [0, 0.05) is 30.7 Å². The van der Waals surface area contributed by atoms with Crippen LogP contribution in [0, 0.1) is 23.2 Å². The normalized spacial score (nSPS) is 24.3. The summed E-state index contributed by atoms with van der Waals surface area (Å²) in [7, 11) is 0. The lowest BCUT2D eigenvalue weighted by Crippen LogP contribution is -2.42. The van der Waals surface area contributed by atoms with Crippen molar-refractivity contribution in [3.05, 3.63) is 83.5 Å². The number of aromatic nitrogens is 3. The molecule has 36 heavy (non-hydrogen) atoms. The number of nitrogens with zero attached hydrogens (tertiary/aromatic N) is 4. The van der Waals surface area contributed by atoms with E-state index in [-0.39, 0.29) is 23.7 Å². The highest BCUT2D eigenvalue weighted by atomic mass is 16.1. The Bertz CT molecular complexity index is 1380. The van der Waals surface area contributed by atoms with Crippen LogP contribution in [0.15, 0.2) is 66.8 Å². The first kappa shape index (κ1) is 22.2. The lowest BCUT2D eigenvalue weighted by Gasteiger charge is -2.53. The van der Waals surface area contributed by atoms with Gasteiger partial charge in [0.05, 0.1) is 23.9 Å². The largest absolute Gasteiger partial charge is 0.368 e. The second-order valence-corrected chi connectivity index (χ2v) is 9.89. The molecule has 1 aromatic carbocycles. The number of hydrogen-bond acceptors (Lipinski definition) is 6. The molecular weight excluding hydrogens is 452 g/mol. The number of ketones is 1. The van der Waals surface area contributed by atoms with E-state index in [1.54, 1.807) is 12.4 Å². The van der Waals surface area contributed by atoms with E-state index in [0.29, 0.717) is 12.1 Å². The minimum Gasteiger partial charge on any atom is -0.368 e. The first-order chi connectivity index (χ1) is 17.6. The third-order valence-electron chi connectivity index (χ3n) is 7.86. The molecule has 4 unspecified atom stereocenters. The van der Waals surface area contributed by atoms with Gasteiger partial charge < -0.3 is 10.6 Å². The number of hydrogen-bond donors (Lipinski definition) is 2. The van der Waals surface area contributed by atoms with E-state index < -0.39 is 6.17 Å². The van der Waals surface area contributed by atoms with Crippen LogP contribution >= 0.6 is 0 Å². The molecule has 2 aromatic heterocycles. The number of fused-ring (bicyclic) bond motifs is 1.